The van der Waals surface area contributed by atoms with Crippen molar-refractivity contribution in [3.63, 3.8) is 0 Å². The first-order valence-corrected chi connectivity index (χ1v) is 9.79. The molecular formula is C22H19N3O2S. The van der Waals surface area contributed by atoms with Gasteiger partial charge in [-0.2, -0.15) is 0 Å². The minimum absolute atomic E-state index is 0.197. The molecule has 5 nitrogen and oxygen atoms in total. The summed E-state index contributed by atoms with van der Waals surface area (Å²) < 4.78 is 0. The normalized spacial score (nSPS) is 14.1. The Labute approximate surface area is 167 Å². The number of carbonyl (C=O) groups excluding carboxylic acids is 2. The van der Waals surface area contributed by atoms with Gasteiger partial charge in [0.1, 0.15) is 6.04 Å². The molecule has 3 aromatic rings. The summed E-state index contributed by atoms with van der Waals surface area (Å²) in [6.45, 7) is 7.68. The molecule has 0 bridgehead atoms. The van der Waals surface area contributed by atoms with Gasteiger partial charge in [0, 0.05) is 33.5 Å². The molecule has 6 heteroatoms. The van der Waals surface area contributed by atoms with Gasteiger partial charge in [0.15, 0.2) is 0 Å². The Morgan fingerprint density at radius 2 is 1.82 bits per heavy atom. The second-order valence-electron chi connectivity index (χ2n) is 6.66. The molecule has 0 fully saturated rings. The largest absolute Gasteiger partial charge is 0.324 e. The third-order valence-electron chi connectivity index (χ3n) is 4.81. The second kappa shape index (κ2) is 7.05. The lowest BCUT2D eigenvalue weighted by Crippen LogP contribution is -2.41. The van der Waals surface area contributed by atoms with Crippen molar-refractivity contribution < 1.29 is 9.59 Å². The Hall–Kier alpha value is -3.25. The molecule has 1 aromatic heterocycles. The standard InChI is InChI=1S/C22H19N3O2S/c1-13-18-6-4-5-7-19(18)22(27)25(13)14(2)21(26)24-17-10-8-16(9-11-17)20-12-28-15(3)23-20/h4-12,14H,1H2,2-3H3,(H,24,26). The van der Waals surface area contributed by atoms with Crippen LogP contribution in [0.25, 0.3) is 17.0 Å². The van der Waals surface area contributed by atoms with Crippen LogP contribution in [-0.2, 0) is 4.79 Å². The molecule has 1 N–H and O–H groups in total. The highest BCUT2D eigenvalue weighted by Gasteiger charge is 2.36. The fourth-order valence-electron chi connectivity index (χ4n) is 3.30. The van der Waals surface area contributed by atoms with Gasteiger partial charge in [-0.1, -0.05) is 36.9 Å². The van der Waals surface area contributed by atoms with Crippen molar-refractivity contribution in [2.24, 2.45) is 0 Å². The lowest BCUT2D eigenvalue weighted by molar-refractivity contribution is -0.119. The first-order valence-electron chi connectivity index (χ1n) is 8.91. The Bertz CT molecular complexity index is 1050. The molecule has 28 heavy (non-hydrogen) atoms. The summed E-state index contributed by atoms with van der Waals surface area (Å²) in [4.78, 5) is 31.3. The molecule has 1 unspecified atom stereocenters. The third-order valence-corrected chi connectivity index (χ3v) is 5.59. The van der Waals surface area contributed by atoms with Crippen LogP contribution in [0.1, 0.15) is 27.9 Å². The Balaban J connectivity index is 1.48. The number of anilines is 1. The Morgan fingerprint density at radius 1 is 1.14 bits per heavy atom. The van der Waals surface area contributed by atoms with Gasteiger partial charge in [-0.05, 0) is 32.0 Å². The summed E-state index contributed by atoms with van der Waals surface area (Å²) >= 11 is 1.60. The number of aromatic nitrogens is 1. The molecule has 1 aliphatic heterocycles. The van der Waals surface area contributed by atoms with Crippen molar-refractivity contribution >= 4 is 34.5 Å². The van der Waals surface area contributed by atoms with E-state index in [2.05, 4.69) is 16.9 Å². The lowest BCUT2D eigenvalue weighted by Gasteiger charge is -2.24. The van der Waals surface area contributed by atoms with E-state index in [-0.39, 0.29) is 11.8 Å². The zero-order valence-corrected chi connectivity index (χ0v) is 16.4. The number of aryl methyl sites for hydroxylation is 1. The first kappa shape index (κ1) is 18.1. The van der Waals surface area contributed by atoms with Crippen molar-refractivity contribution in [3.8, 4) is 11.3 Å². The summed E-state index contributed by atoms with van der Waals surface area (Å²) in [5.74, 6) is -0.461. The molecule has 0 saturated carbocycles. The van der Waals surface area contributed by atoms with Crippen molar-refractivity contribution in [2.45, 2.75) is 19.9 Å². The summed E-state index contributed by atoms with van der Waals surface area (Å²) in [5, 5.41) is 5.90. The van der Waals surface area contributed by atoms with Crippen LogP contribution >= 0.6 is 11.3 Å². The van der Waals surface area contributed by atoms with Gasteiger partial charge in [0.2, 0.25) is 5.91 Å². The number of hydrogen-bond donors (Lipinski definition) is 1. The summed E-state index contributed by atoms with van der Waals surface area (Å²) in [5.41, 5.74) is 4.49. The summed E-state index contributed by atoms with van der Waals surface area (Å²) in [7, 11) is 0. The molecule has 2 heterocycles. The smallest absolute Gasteiger partial charge is 0.259 e. The number of thiazole rings is 1. The van der Waals surface area contributed by atoms with Gasteiger partial charge in [0.05, 0.1) is 10.7 Å². The van der Waals surface area contributed by atoms with Crippen LogP contribution in [0.4, 0.5) is 5.69 Å². The van der Waals surface area contributed by atoms with E-state index in [4.69, 9.17) is 0 Å². The topological polar surface area (TPSA) is 62.3 Å². The van der Waals surface area contributed by atoms with E-state index in [9.17, 15) is 9.59 Å². The van der Waals surface area contributed by atoms with Crippen molar-refractivity contribution in [2.75, 3.05) is 5.32 Å². The number of rotatable bonds is 4. The van der Waals surface area contributed by atoms with E-state index >= 15 is 0 Å². The average molecular weight is 389 g/mol. The van der Waals surface area contributed by atoms with Crippen molar-refractivity contribution in [1.29, 1.82) is 0 Å². The predicted octanol–water partition coefficient (Wildman–Crippen LogP) is 4.57. The minimum atomic E-state index is -0.673. The minimum Gasteiger partial charge on any atom is -0.324 e. The number of benzene rings is 2. The monoisotopic (exact) mass is 389 g/mol. The molecule has 0 radical (unpaired) electrons. The van der Waals surface area contributed by atoms with Gasteiger partial charge in [-0.3, -0.25) is 14.5 Å². The zero-order valence-electron chi connectivity index (χ0n) is 15.6. The van der Waals surface area contributed by atoms with Gasteiger partial charge in [-0.15, -0.1) is 11.3 Å². The molecule has 2 aromatic carbocycles. The number of nitrogens with one attached hydrogen (secondary N) is 1. The maximum Gasteiger partial charge on any atom is 0.259 e. The van der Waals surface area contributed by atoms with E-state index in [1.54, 1.807) is 24.3 Å². The number of amides is 2. The van der Waals surface area contributed by atoms with Crippen LogP contribution in [0.5, 0.6) is 0 Å². The lowest BCUT2D eigenvalue weighted by atomic mass is 10.1. The van der Waals surface area contributed by atoms with Gasteiger partial charge in [0.25, 0.3) is 5.91 Å². The second-order valence-corrected chi connectivity index (χ2v) is 7.72. The van der Waals surface area contributed by atoms with Crippen molar-refractivity contribution in [3.05, 3.63) is 76.6 Å². The average Bonchev–Trinajstić information content (AvgIpc) is 3.24. The van der Waals surface area contributed by atoms with Gasteiger partial charge >= 0.3 is 0 Å². The van der Waals surface area contributed by atoms with E-state index in [1.165, 1.54) is 4.90 Å². The molecule has 4 rings (SSSR count). The van der Waals surface area contributed by atoms with E-state index in [1.807, 2.05) is 54.8 Å². The molecule has 140 valence electrons. The number of fused-ring (bicyclic) bond motifs is 1. The maximum absolute atomic E-state index is 12.7. The van der Waals surface area contributed by atoms with E-state index in [0.717, 1.165) is 21.8 Å². The highest BCUT2D eigenvalue weighted by molar-refractivity contribution is 7.09. The number of carbonyl (C=O) groups is 2. The number of nitrogens with zero attached hydrogens (tertiary/aromatic N) is 2. The van der Waals surface area contributed by atoms with Crippen molar-refractivity contribution in [1.82, 2.24) is 9.88 Å². The quantitative estimate of drug-likeness (QED) is 0.711. The highest BCUT2D eigenvalue weighted by Crippen LogP contribution is 2.33. The fourth-order valence-corrected chi connectivity index (χ4v) is 3.92. The SMILES string of the molecule is C=C1c2ccccc2C(=O)N1C(C)C(=O)Nc1ccc(-c2csc(C)n2)cc1. The molecular weight excluding hydrogens is 370 g/mol. The van der Waals surface area contributed by atoms with E-state index in [0.29, 0.717) is 16.9 Å². The Kier molecular flexibility index (Phi) is 4.57. The fraction of sp³-hybridized carbons (Fsp3) is 0.136. The number of hydrogen-bond acceptors (Lipinski definition) is 4. The summed E-state index contributed by atoms with van der Waals surface area (Å²) in [6, 6.07) is 14.1. The van der Waals surface area contributed by atoms with Crippen LogP contribution in [0, 0.1) is 6.92 Å². The molecule has 0 aliphatic carbocycles. The Morgan fingerprint density at radius 3 is 2.43 bits per heavy atom. The van der Waals surface area contributed by atoms with Gasteiger partial charge in [-0.25, -0.2) is 4.98 Å². The van der Waals surface area contributed by atoms with Crippen LogP contribution in [0.2, 0.25) is 0 Å². The van der Waals surface area contributed by atoms with Crippen LogP contribution in [0.3, 0.4) is 0 Å². The molecule has 2 amide bonds. The van der Waals surface area contributed by atoms with Gasteiger partial charge < -0.3 is 5.32 Å². The molecule has 0 spiro atoms. The first-order chi connectivity index (χ1) is 13.5. The predicted molar refractivity (Wildman–Crippen MR) is 112 cm³/mol. The summed E-state index contributed by atoms with van der Waals surface area (Å²) in [6.07, 6.45) is 0. The van der Waals surface area contributed by atoms with Crippen LogP contribution < -0.4 is 5.32 Å². The van der Waals surface area contributed by atoms with Crippen LogP contribution in [0.15, 0.2) is 60.5 Å². The molecule has 1 aliphatic rings. The van der Waals surface area contributed by atoms with Crippen LogP contribution in [-0.4, -0.2) is 27.7 Å². The van der Waals surface area contributed by atoms with E-state index < -0.39 is 6.04 Å². The molecule has 0 saturated heterocycles. The maximum atomic E-state index is 12.7. The molecule has 1 atom stereocenters. The zero-order chi connectivity index (χ0) is 19.8. The highest BCUT2D eigenvalue weighted by atomic mass is 32.1. The third kappa shape index (κ3) is 3.12.